The molecule has 8 nitrogen and oxygen atoms in total. The van der Waals surface area contributed by atoms with Crippen LogP contribution in [0.5, 0.6) is 0 Å². The Labute approximate surface area is 214 Å². The molecule has 2 saturated heterocycles. The number of amides is 2. The predicted octanol–water partition coefficient (Wildman–Crippen LogP) is 3.48. The van der Waals surface area contributed by atoms with Crippen LogP contribution in [0.15, 0.2) is 12.2 Å². The van der Waals surface area contributed by atoms with E-state index in [0.717, 1.165) is 50.7 Å². The number of fused-ring (bicyclic) bond motifs is 4. The van der Waals surface area contributed by atoms with Gasteiger partial charge in [-0.25, -0.2) is 9.59 Å². The Hall–Kier alpha value is -2.38. The molecule has 0 aromatic carbocycles. The smallest absolute Gasteiger partial charge is 0.331 e. The first-order valence-electron chi connectivity index (χ1n) is 13.2. The molecule has 2 saturated carbocycles. The lowest BCUT2D eigenvalue weighted by Crippen LogP contribution is -2.39. The largest absolute Gasteiger partial charge is 0.452 e. The molecule has 0 aromatic rings. The molecule has 36 heavy (non-hydrogen) atoms. The van der Waals surface area contributed by atoms with Crippen molar-refractivity contribution in [1.29, 1.82) is 0 Å². The zero-order chi connectivity index (χ0) is 26.5. The summed E-state index contributed by atoms with van der Waals surface area (Å²) in [5.74, 6) is -1.99. The van der Waals surface area contributed by atoms with Crippen molar-refractivity contribution in [3.63, 3.8) is 0 Å². The predicted molar refractivity (Wildman–Crippen MR) is 134 cm³/mol. The Kier molecular flexibility index (Phi) is 6.80. The third-order valence-corrected chi connectivity index (χ3v) is 8.50. The van der Waals surface area contributed by atoms with Gasteiger partial charge in [0.2, 0.25) is 0 Å². The highest BCUT2D eigenvalue weighted by atomic mass is 16.5. The first-order valence-corrected chi connectivity index (χ1v) is 13.2. The van der Waals surface area contributed by atoms with Crippen LogP contribution in [0.2, 0.25) is 0 Å². The second kappa shape index (κ2) is 9.18. The summed E-state index contributed by atoms with van der Waals surface area (Å²) >= 11 is 0. The topological polar surface area (TPSA) is 93.2 Å². The number of hydrogen-bond donors (Lipinski definition) is 0. The summed E-state index contributed by atoms with van der Waals surface area (Å²) in [4.78, 5) is 53.3. The fraction of sp³-hybridized carbons (Fsp3) is 0.786. The summed E-state index contributed by atoms with van der Waals surface area (Å²) in [5, 5.41) is 0. The van der Waals surface area contributed by atoms with Gasteiger partial charge in [-0.3, -0.25) is 9.59 Å². The number of esters is 2. The van der Waals surface area contributed by atoms with E-state index >= 15 is 0 Å². The molecule has 2 heterocycles. The molecular formula is C28H42N2O6. The van der Waals surface area contributed by atoms with Gasteiger partial charge >= 0.3 is 11.9 Å². The van der Waals surface area contributed by atoms with Gasteiger partial charge < -0.3 is 19.3 Å². The standard InChI is InChI=1S/C28H42N2O6/c1-25(2)9-19-11-27(5,15-25)17-29(19)21(31)13-35-23(33)7-8-24(34)36-14-22(32)30-18-28(6)12-20(30)10-26(3,4)16-28/h7-8,19-20H,9-18H2,1-6H3/b8-7+/t19-,20-,27+,28+/m0/s1. The van der Waals surface area contributed by atoms with Crippen LogP contribution in [0.1, 0.15) is 80.1 Å². The molecule has 0 N–H and O–H groups in total. The number of likely N-dealkylation sites (tertiary alicyclic amines) is 2. The van der Waals surface area contributed by atoms with Crippen LogP contribution in [-0.4, -0.2) is 71.9 Å². The summed E-state index contributed by atoms with van der Waals surface area (Å²) in [5.41, 5.74) is 0.593. The number of carbonyl (C=O) groups is 4. The maximum absolute atomic E-state index is 12.7. The van der Waals surface area contributed by atoms with Gasteiger partial charge in [0.1, 0.15) is 0 Å². The first kappa shape index (κ1) is 26.7. The van der Waals surface area contributed by atoms with E-state index in [1.54, 1.807) is 0 Å². The third kappa shape index (κ3) is 5.94. The van der Waals surface area contributed by atoms with E-state index in [2.05, 4.69) is 41.5 Å². The van der Waals surface area contributed by atoms with Gasteiger partial charge in [0.05, 0.1) is 0 Å². The lowest BCUT2D eigenvalue weighted by molar-refractivity contribution is -0.150. The maximum Gasteiger partial charge on any atom is 0.331 e. The monoisotopic (exact) mass is 502 g/mol. The molecule has 0 aromatic heterocycles. The second-order valence-corrected chi connectivity index (χ2v) is 14.0. The van der Waals surface area contributed by atoms with E-state index in [9.17, 15) is 19.2 Å². The van der Waals surface area contributed by atoms with Crippen molar-refractivity contribution in [1.82, 2.24) is 9.80 Å². The first-order chi connectivity index (χ1) is 16.6. The van der Waals surface area contributed by atoms with Crippen molar-refractivity contribution in [3.8, 4) is 0 Å². The van der Waals surface area contributed by atoms with Gasteiger partial charge in [0, 0.05) is 37.3 Å². The van der Waals surface area contributed by atoms with Crippen molar-refractivity contribution in [2.45, 2.75) is 92.2 Å². The normalized spacial score (nSPS) is 34.1. The third-order valence-electron chi connectivity index (χ3n) is 8.50. The fourth-order valence-electron chi connectivity index (χ4n) is 8.17. The van der Waals surface area contributed by atoms with E-state index in [4.69, 9.17) is 9.47 Å². The van der Waals surface area contributed by atoms with Crippen LogP contribution >= 0.6 is 0 Å². The van der Waals surface area contributed by atoms with Gasteiger partial charge in [0.15, 0.2) is 13.2 Å². The van der Waals surface area contributed by atoms with Crippen LogP contribution in [0.4, 0.5) is 0 Å². The maximum atomic E-state index is 12.7. The lowest BCUT2D eigenvalue weighted by atomic mass is 9.65. The van der Waals surface area contributed by atoms with Crippen LogP contribution in [0.3, 0.4) is 0 Å². The minimum Gasteiger partial charge on any atom is -0.452 e. The highest BCUT2D eigenvalue weighted by Crippen LogP contribution is 2.53. The molecule has 8 heteroatoms. The number of rotatable bonds is 6. The Morgan fingerprint density at radius 2 is 1.03 bits per heavy atom. The average molecular weight is 503 g/mol. The van der Waals surface area contributed by atoms with E-state index in [1.807, 2.05) is 9.80 Å². The van der Waals surface area contributed by atoms with Crippen LogP contribution in [0, 0.1) is 21.7 Å². The molecule has 4 fully saturated rings. The van der Waals surface area contributed by atoms with Gasteiger partial charge in [-0.1, -0.05) is 41.5 Å². The second-order valence-electron chi connectivity index (χ2n) is 14.0. The quantitative estimate of drug-likeness (QED) is 0.408. The molecule has 2 aliphatic carbocycles. The van der Waals surface area contributed by atoms with E-state index < -0.39 is 11.9 Å². The molecule has 2 amide bonds. The number of ether oxygens (including phenoxy) is 2. The Balaban J connectivity index is 1.19. The van der Waals surface area contributed by atoms with Crippen molar-refractivity contribution in [2.75, 3.05) is 26.3 Å². The minimum absolute atomic E-state index is 0.106. The molecular weight excluding hydrogens is 460 g/mol. The SMILES string of the molecule is CC1(C)C[C@H]2C[C@@](C)(CN2C(=O)COC(=O)/C=C/C(=O)OCC(=O)N2C[C@]3(C)C[C@@H]2CC(C)(C)C3)C1. The van der Waals surface area contributed by atoms with Gasteiger partial charge in [-0.15, -0.1) is 0 Å². The van der Waals surface area contributed by atoms with E-state index in [1.165, 1.54) is 0 Å². The van der Waals surface area contributed by atoms with Crippen LogP contribution in [-0.2, 0) is 28.7 Å². The van der Waals surface area contributed by atoms with Crippen LogP contribution in [0.25, 0.3) is 0 Å². The van der Waals surface area contributed by atoms with Gasteiger partial charge in [0.25, 0.3) is 11.8 Å². The molecule has 2 aliphatic heterocycles. The molecule has 4 rings (SSSR count). The molecule has 4 bridgehead atoms. The summed E-state index contributed by atoms with van der Waals surface area (Å²) in [6.07, 6.45) is 7.89. The van der Waals surface area contributed by atoms with Crippen molar-refractivity contribution in [2.24, 2.45) is 21.7 Å². The zero-order valence-corrected chi connectivity index (χ0v) is 22.7. The Morgan fingerprint density at radius 1 is 0.667 bits per heavy atom. The van der Waals surface area contributed by atoms with E-state index in [-0.39, 0.29) is 58.8 Å². The molecule has 4 aliphatic rings. The molecule has 0 unspecified atom stereocenters. The minimum atomic E-state index is -0.788. The van der Waals surface area contributed by atoms with Crippen LogP contribution < -0.4 is 0 Å². The number of nitrogens with zero attached hydrogens (tertiary/aromatic N) is 2. The van der Waals surface area contributed by atoms with Crippen molar-refractivity contribution >= 4 is 23.8 Å². The zero-order valence-electron chi connectivity index (χ0n) is 22.7. The number of hydrogen-bond acceptors (Lipinski definition) is 6. The molecule has 4 atom stereocenters. The fourth-order valence-corrected chi connectivity index (χ4v) is 8.17. The average Bonchev–Trinajstić information content (AvgIpc) is 3.14. The summed E-state index contributed by atoms with van der Waals surface area (Å²) in [7, 11) is 0. The molecule has 200 valence electrons. The van der Waals surface area contributed by atoms with Crippen molar-refractivity contribution < 1.29 is 28.7 Å². The number of carbonyl (C=O) groups excluding carboxylic acids is 4. The lowest BCUT2D eigenvalue weighted by Gasteiger charge is -2.39. The Bertz CT molecular complexity index is 895. The van der Waals surface area contributed by atoms with Gasteiger partial charge in [-0.2, -0.15) is 0 Å². The summed E-state index contributed by atoms with van der Waals surface area (Å²) < 4.78 is 10.2. The molecule has 0 radical (unpaired) electrons. The highest BCUT2D eigenvalue weighted by Gasteiger charge is 2.52. The van der Waals surface area contributed by atoms with E-state index in [0.29, 0.717) is 13.1 Å². The van der Waals surface area contributed by atoms with Gasteiger partial charge in [-0.05, 0) is 60.2 Å². The van der Waals surface area contributed by atoms with Crippen molar-refractivity contribution in [3.05, 3.63) is 12.2 Å². The Morgan fingerprint density at radius 3 is 1.39 bits per heavy atom. The highest BCUT2D eigenvalue weighted by molar-refractivity contribution is 5.93. The molecule has 0 spiro atoms. The summed E-state index contributed by atoms with van der Waals surface area (Å²) in [6, 6.07) is 0.355. The summed E-state index contributed by atoms with van der Waals surface area (Å²) in [6.45, 7) is 14.0.